The summed E-state index contributed by atoms with van der Waals surface area (Å²) in [4.78, 5) is 12.3. The Balaban J connectivity index is 1.91. The maximum atomic E-state index is 12.3. The minimum Gasteiger partial charge on any atom is -0.379 e. The highest BCUT2D eigenvalue weighted by Crippen LogP contribution is 2.27. The second-order valence-electron chi connectivity index (χ2n) is 6.05. The van der Waals surface area contributed by atoms with E-state index in [0.29, 0.717) is 42.2 Å². The van der Waals surface area contributed by atoms with Crippen molar-refractivity contribution in [3.8, 4) is 0 Å². The van der Waals surface area contributed by atoms with E-state index in [1.165, 1.54) is 23.9 Å². The summed E-state index contributed by atoms with van der Waals surface area (Å²) in [6.45, 7) is 6.73. The van der Waals surface area contributed by atoms with Crippen molar-refractivity contribution < 1.29 is 4.74 Å². The molecule has 1 heterocycles. The number of nitrogens with zero attached hydrogens (tertiary/aromatic N) is 2. The van der Waals surface area contributed by atoms with Crippen LogP contribution in [0.5, 0.6) is 0 Å². The molecule has 1 aromatic rings. The van der Waals surface area contributed by atoms with Crippen LogP contribution < -0.4 is 10.9 Å². The van der Waals surface area contributed by atoms with Gasteiger partial charge in [-0.1, -0.05) is 31.9 Å². The smallest absolute Gasteiger partial charge is 0.291 e. The molecule has 21 heavy (non-hydrogen) atoms. The van der Waals surface area contributed by atoms with E-state index in [4.69, 9.17) is 16.3 Å². The number of aromatic nitrogens is 2. The third-order valence-electron chi connectivity index (χ3n) is 3.65. The number of hydrogen-bond acceptors (Lipinski definition) is 4. The van der Waals surface area contributed by atoms with E-state index in [1.807, 2.05) is 0 Å². The van der Waals surface area contributed by atoms with Gasteiger partial charge in [0.1, 0.15) is 5.69 Å². The molecule has 0 radical (unpaired) electrons. The van der Waals surface area contributed by atoms with Gasteiger partial charge in [-0.05, 0) is 24.7 Å². The fraction of sp³-hybridized carbons (Fsp3) is 0.733. The van der Waals surface area contributed by atoms with Crippen molar-refractivity contribution in [2.45, 2.75) is 39.7 Å². The first-order chi connectivity index (χ1) is 10.1. The van der Waals surface area contributed by atoms with Gasteiger partial charge in [-0.15, -0.1) is 0 Å². The molecule has 2 rings (SSSR count). The second kappa shape index (κ2) is 7.80. The molecule has 0 bridgehead atoms. The van der Waals surface area contributed by atoms with Crippen LogP contribution in [0.25, 0.3) is 0 Å². The minimum atomic E-state index is -0.141. The summed E-state index contributed by atoms with van der Waals surface area (Å²) in [5.41, 5.74) is 0.289. The third-order valence-corrected chi connectivity index (χ3v) is 3.94. The number of ether oxygens (including phenoxy) is 1. The maximum Gasteiger partial charge on any atom is 0.291 e. The molecule has 6 heteroatoms. The summed E-state index contributed by atoms with van der Waals surface area (Å²) in [6.07, 6.45) is 5.16. The van der Waals surface area contributed by atoms with E-state index in [1.54, 1.807) is 6.20 Å². The van der Waals surface area contributed by atoms with Gasteiger partial charge in [0.05, 0.1) is 17.8 Å². The van der Waals surface area contributed by atoms with E-state index < -0.39 is 0 Å². The van der Waals surface area contributed by atoms with Crippen LogP contribution in [0.2, 0.25) is 5.02 Å². The summed E-state index contributed by atoms with van der Waals surface area (Å²) in [6, 6.07) is 0. The Morgan fingerprint density at radius 3 is 2.90 bits per heavy atom. The Kier molecular flexibility index (Phi) is 6.06. The molecular formula is C15H24ClN3O2. The van der Waals surface area contributed by atoms with Gasteiger partial charge in [0.2, 0.25) is 0 Å². The Hall–Kier alpha value is -1.07. The van der Waals surface area contributed by atoms with Gasteiger partial charge in [-0.2, -0.15) is 5.10 Å². The highest BCUT2D eigenvalue weighted by molar-refractivity contribution is 6.32. The molecule has 0 amide bonds. The van der Waals surface area contributed by atoms with E-state index in [2.05, 4.69) is 24.3 Å². The zero-order valence-electron chi connectivity index (χ0n) is 12.8. The highest BCUT2D eigenvalue weighted by Gasteiger charge is 2.20. The summed E-state index contributed by atoms with van der Waals surface area (Å²) >= 11 is 6.07. The number of rotatable bonds is 8. The van der Waals surface area contributed by atoms with Crippen molar-refractivity contribution in [2.75, 3.05) is 25.1 Å². The Morgan fingerprint density at radius 2 is 2.29 bits per heavy atom. The predicted molar refractivity (Wildman–Crippen MR) is 85.0 cm³/mol. The van der Waals surface area contributed by atoms with Crippen LogP contribution in [0, 0.1) is 11.8 Å². The fourth-order valence-corrected chi connectivity index (χ4v) is 2.44. The number of anilines is 1. The van der Waals surface area contributed by atoms with Crippen molar-refractivity contribution in [2.24, 2.45) is 11.8 Å². The van der Waals surface area contributed by atoms with Gasteiger partial charge in [-0.25, -0.2) is 4.68 Å². The Bertz CT molecular complexity index is 512. The molecular weight excluding hydrogens is 290 g/mol. The molecule has 0 unspecified atom stereocenters. The minimum absolute atomic E-state index is 0.141. The van der Waals surface area contributed by atoms with Crippen LogP contribution in [-0.2, 0) is 11.3 Å². The fourth-order valence-electron chi connectivity index (χ4n) is 2.25. The van der Waals surface area contributed by atoms with Gasteiger partial charge in [-0.3, -0.25) is 4.79 Å². The zero-order valence-corrected chi connectivity index (χ0v) is 13.5. The summed E-state index contributed by atoms with van der Waals surface area (Å²) in [7, 11) is 0. The Labute approximate surface area is 130 Å². The topological polar surface area (TPSA) is 56.1 Å². The van der Waals surface area contributed by atoms with E-state index >= 15 is 0 Å². The number of hydrogen-bond donors (Lipinski definition) is 1. The lowest BCUT2D eigenvalue weighted by Crippen LogP contribution is -2.31. The first-order valence-corrected chi connectivity index (χ1v) is 8.03. The van der Waals surface area contributed by atoms with Gasteiger partial charge in [0.25, 0.3) is 5.56 Å². The van der Waals surface area contributed by atoms with Gasteiger partial charge in [0, 0.05) is 19.7 Å². The van der Waals surface area contributed by atoms with Crippen molar-refractivity contribution >= 4 is 17.3 Å². The van der Waals surface area contributed by atoms with Crippen LogP contribution in [-0.4, -0.2) is 29.5 Å². The van der Waals surface area contributed by atoms with Crippen LogP contribution in [0.1, 0.15) is 33.1 Å². The molecule has 0 atom stereocenters. The first-order valence-electron chi connectivity index (χ1n) is 7.65. The zero-order chi connectivity index (χ0) is 15.2. The van der Waals surface area contributed by atoms with Crippen LogP contribution in [0.3, 0.4) is 0 Å². The molecule has 1 N–H and O–H groups in total. The average molecular weight is 314 g/mol. The summed E-state index contributed by atoms with van der Waals surface area (Å²) < 4.78 is 7.01. The summed E-state index contributed by atoms with van der Waals surface area (Å²) in [5, 5.41) is 7.57. The quantitative estimate of drug-likeness (QED) is 0.750. The van der Waals surface area contributed by atoms with Crippen molar-refractivity contribution in [1.29, 1.82) is 0 Å². The normalized spacial score (nSPS) is 15.2. The molecule has 5 nitrogen and oxygen atoms in total. The van der Waals surface area contributed by atoms with E-state index in [-0.39, 0.29) is 5.56 Å². The van der Waals surface area contributed by atoms with Crippen LogP contribution in [0.4, 0.5) is 5.69 Å². The molecule has 0 spiro atoms. The lowest BCUT2D eigenvalue weighted by molar-refractivity contribution is 0.118. The van der Waals surface area contributed by atoms with E-state index in [9.17, 15) is 4.79 Å². The highest BCUT2D eigenvalue weighted by atomic mass is 35.5. The van der Waals surface area contributed by atoms with Gasteiger partial charge >= 0.3 is 0 Å². The van der Waals surface area contributed by atoms with Gasteiger partial charge in [0.15, 0.2) is 0 Å². The second-order valence-corrected chi connectivity index (χ2v) is 6.45. The van der Waals surface area contributed by atoms with E-state index in [0.717, 1.165) is 6.61 Å². The predicted octanol–water partition coefficient (Wildman–Crippen LogP) is 2.78. The standard InChI is InChI=1S/C15H24ClN3O2/c1-11(2)10-21-7-6-17-14-13(16)8-18-19(15(14)20)9-12-4-3-5-12/h8,11-12,17H,3-7,9-10H2,1-2H3. The molecule has 1 aliphatic rings. The van der Waals surface area contributed by atoms with Crippen molar-refractivity contribution in [1.82, 2.24) is 9.78 Å². The Morgan fingerprint density at radius 1 is 1.52 bits per heavy atom. The van der Waals surface area contributed by atoms with Crippen molar-refractivity contribution in [3.63, 3.8) is 0 Å². The molecule has 1 saturated carbocycles. The average Bonchev–Trinajstić information content (AvgIpc) is 2.38. The third kappa shape index (κ3) is 4.71. The van der Waals surface area contributed by atoms with Crippen LogP contribution >= 0.6 is 11.6 Å². The molecule has 1 fully saturated rings. The van der Waals surface area contributed by atoms with Crippen LogP contribution in [0.15, 0.2) is 11.0 Å². The van der Waals surface area contributed by atoms with Gasteiger partial charge < -0.3 is 10.1 Å². The monoisotopic (exact) mass is 313 g/mol. The molecule has 0 aromatic carbocycles. The molecule has 0 aliphatic heterocycles. The lowest BCUT2D eigenvalue weighted by atomic mass is 9.85. The SMILES string of the molecule is CC(C)COCCNc1c(Cl)cnn(CC2CCC2)c1=O. The maximum absolute atomic E-state index is 12.3. The van der Waals surface area contributed by atoms with Crippen molar-refractivity contribution in [3.05, 3.63) is 21.6 Å². The molecule has 0 saturated heterocycles. The number of nitrogens with one attached hydrogen (secondary N) is 1. The molecule has 1 aliphatic carbocycles. The molecule has 1 aromatic heterocycles. The lowest BCUT2D eigenvalue weighted by Gasteiger charge is -2.25. The summed E-state index contributed by atoms with van der Waals surface area (Å²) in [5.74, 6) is 1.09. The number of halogens is 1. The molecule has 118 valence electrons. The first kappa shape index (κ1) is 16.3. The largest absolute Gasteiger partial charge is 0.379 e.